The number of carboxylic acid groups (broad SMARTS) is 1. The monoisotopic (exact) mass is 652 g/mol. The molecule has 0 amide bonds. The fourth-order valence-corrected chi connectivity index (χ4v) is 6.59. The van der Waals surface area contributed by atoms with E-state index >= 15 is 0 Å². The van der Waals surface area contributed by atoms with Crippen molar-refractivity contribution in [1.82, 2.24) is 20.2 Å². The third-order valence-electron chi connectivity index (χ3n) is 8.92. The quantitative estimate of drug-likeness (QED) is 0.242. The molecule has 0 bridgehead atoms. The number of tetrazole rings is 1. The highest BCUT2D eigenvalue weighted by Crippen LogP contribution is 2.43. The van der Waals surface area contributed by atoms with E-state index in [4.69, 9.17) is 0 Å². The number of carboxylic acids is 1. The maximum absolute atomic E-state index is 13.8. The van der Waals surface area contributed by atoms with Gasteiger partial charge >= 0.3 is 18.3 Å². The van der Waals surface area contributed by atoms with E-state index in [2.05, 4.69) is 32.4 Å². The highest BCUT2D eigenvalue weighted by atomic mass is 19.4. The summed E-state index contributed by atoms with van der Waals surface area (Å²) in [6, 6.07) is 5.45. The van der Waals surface area contributed by atoms with Crippen molar-refractivity contribution in [2.24, 2.45) is 12.5 Å². The lowest BCUT2D eigenvalue weighted by Gasteiger charge is -2.34. The van der Waals surface area contributed by atoms with Crippen LogP contribution in [0.5, 0.6) is 0 Å². The van der Waals surface area contributed by atoms with Crippen LogP contribution >= 0.6 is 0 Å². The van der Waals surface area contributed by atoms with Crippen LogP contribution in [0.25, 0.3) is 0 Å². The minimum atomic E-state index is -4.98. The van der Waals surface area contributed by atoms with E-state index in [-0.39, 0.29) is 30.5 Å². The summed E-state index contributed by atoms with van der Waals surface area (Å²) in [5.74, 6) is -0.774. The number of hydrogen-bond donors (Lipinski definition) is 1. The van der Waals surface area contributed by atoms with Gasteiger partial charge < -0.3 is 14.9 Å². The van der Waals surface area contributed by atoms with Crippen molar-refractivity contribution in [3.63, 3.8) is 0 Å². The van der Waals surface area contributed by atoms with E-state index in [1.54, 1.807) is 11.9 Å². The van der Waals surface area contributed by atoms with Crippen LogP contribution in [0.3, 0.4) is 0 Å². The molecule has 46 heavy (non-hydrogen) atoms. The molecule has 1 N–H and O–H groups in total. The Balaban J connectivity index is 1.60. The molecule has 2 heterocycles. The highest BCUT2D eigenvalue weighted by molar-refractivity contribution is 5.67. The van der Waals surface area contributed by atoms with Gasteiger partial charge in [0.05, 0.1) is 30.6 Å². The Labute approximate surface area is 263 Å². The summed E-state index contributed by atoms with van der Waals surface area (Å²) in [5, 5.41) is 21.8. The summed E-state index contributed by atoms with van der Waals surface area (Å²) < 4.78 is 82.7. The molecule has 1 aliphatic heterocycles. The highest BCUT2D eigenvalue weighted by Gasteiger charge is 2.38. The van der Waals surface area contributed by atoms with Crippen molar-refractivity contribution in [3.8, 4) is 0 Å². The Bertz CT molecular complexity index is 1540. The second kappa shape index (κ2) is 12.7. The predicted molar refractivity (Wildman–Crippen MR) is 159 cm³/mol. The van der Waals surface area contributed by atoms with Crippen molar-refractivity contribution in [2.45, 2.75) is 90.2 Å². The van der Waals surface area contributed by atoms with Crippen molar-refractivity contribution in [1.29, 1.82) is 0 Å². The minimum absolute atomic E-state index is 0.0174. The van der Waals surface area contributed by atoms with Gasteiger partial charge in [0.1, 0.15) is 0 Å². The molecule has 0 fully saturated rings. The van der Waals surface area contributed by atoms with E-state index in [1.807, 2.05) is 13.8 Å². The first kappa shape index (κ1) is 33.5. The number of aryl methyl sites for hydroxylation is 3. The number of carbonyl (C=O) groups is 1. The van der Waals surface area contributed by atoms with Crippen LogP contribution in [-0.4, -0.2) is 44.4 Å². The van der Waals surface area contributed by atoms with Crippen LogP contribution in [0, 0.1) is 5.41 Å². The number of aromatic nitrogens is 4. The third-order valence-corrected chi connectivity index (χ3v) is 8.92. The fourth-order valence-electron chi connectivity index (χ4n) is 6.59. The van der Waals surface area contributed by atoms with E-state index in [0.717, 1.165) is 49.1 Å². The summed E-state index contributed by atoms with van der Waals surface area (Å²) in [6.45, 7) is 4.76. The first-order valence-electron chi connectivity index (χ1n) is 15.4. The van der Waals surface area contributed by atoms with Gasteiger partial charge in [-0.15, -0.1) is 5.10 Å². The zero-order valence-corrected chi connectivity index (χ0v) is 26.0. The summed E-state index contributed by atoms with van der Waals surface area (Å²) in [4.78, 5) is 16.6. The molecule has 1 atom stereocenters. The van der Waals surface area contributed by atoms with Crippen LogP contribution < -0.4 is 9.80 Å². The molecule has 8 nitrogen and oxygen atoms in total. The summed E-state index contributed by atoms with van der Waals surface area (Å²) in [5.41, 5.74) is 0.829. The molecule has 2 aliphatic rings. The Kier molecular flexibility index (Phi) is 9.29. The molecule has 1 aromatic heterocycles. The van der Waals surface area contributed by atoms with Crippen molar-refractivity contribution in [2.75, 3.05) is 22.9 Å². The van der Waals surface area contributed by atoms with Gasteiger partial charge in [-0.25, -0.2) is 0 Å². The van der Waals surface area contributed by atoms with Crippen LogP contribution in [0.2, 0.25) is 0 Å². The first-order chi connectivity index (χ1) is 21.5. The second-order valence-electron chi connectivity index (χ2n) is 13.1. The molecule has 0 saturated carbocycles. The number of benzene rings is 2. The van der Waals surface area contributed by atoms with Crippen LogP contribution in [0.1, 0.15) is 91.8 Å². The van der Waals surface area contributed by atoms with Crippen molar-refractivity contribution < 1.29 is 36.2 Å². The maximum Gasteiger partial charge on any atom is 0.416 e. The number of anilines is 2. The first-order valence-corrected chi connectivity index (χ1v) is 15.4. The zero-order valence-electron chi connectivity index (χ0n) is 26.0. The topological polar surface area (TPSA) is 87.4 Å². The smallest absolute Gasteiger partial charge is 0.416 e. The number of hydrogen-bond acceptors (Lipinski definition) is 6. The molecule has 0 saturated heterocycles. The molecule has 2 aromatic carbocycles. The lowest BCUT2D eigenvalue weighted by molar-refractivity contribution is -0.143. The molecule has 250 valence electrons. The van der Waals surface area contributed by atoms with Gasteiger partial charge in [-0.1, -0.05) is 25.0 Å². The molecule has 1 aliphatic carbocycles. The second-order valence-corrected chi connectivity index (χ2v) is 13.1. The Morgan fingerprint density at radius 3 is 2.15 bits per heavy atom. The number of alkyl halides is 6. The minimum Gasteiger partial charge on any atom is -0.481 e. The standard InChI is InChI=1S/C32H38F6N6O2/c1-30(2,18-28(45)46)10-12-43-11-6-9-26(25-15-21-7-4-5-8-22(21)16-27(25)43)44(29-39-41-42(3)40-29)19-20-13-23(31(33,34)35)17-24(14-20)32(36,37)38/h13-17,26H,4-12,18-19H2,1-3H3,(H,45,46)/t26-/m0/s1. The average Bonchev–Trinajstić information content (AvgIpc) is 3.31. The van der Waals surface area contributed by atoms with Gasteiger partial charge in [0.2, 0.25) is 0 Å². The summed E-state index contributed by atoms with van der Waals surface area (Å²) in [6.07, 6.45) is -4.29. The lowest BCUT2D eigenvalue weighted by Crippen LogP contribution is -2.31. The van der Waals surface area contributed by atoms with Crippen molar-refractivity contribution in [3.05, 3.63) is 63.7 Å². The van der Waals surface area contributed by atoms with Gasteiger partial charge in [0.25, 0.3) is 5.95 Å². The SMILES string of the molecule is Cn1nnc(N(Cc2cc(C(F)(F)F)cc(C(F)(F)F)c2)[C@H]2CCCN(CCC(C)(C)CC(=O)O)c3cc4c(cc32)CCCC4)n1. The van der Waals surface area contributed by atoms with E-state index in [9.17, 15) is 36.2 Å². The Morgan fingerprint density at radius 2 is 1.59 bits per heavy atom. The average molecular weight is 653 g/mol. The zero-order chi connectivity index (χ0) is 33.4. The molecular formula is C32H38F6N6O2. The van der Waals surface area contributed by atoms with Crippen LogP contribution in [0.4, 0.5) is 38.0 Å². The molecule has 0 spiro atoms. The largest absolute Gasteiger partial charge is 0.481 e. The van der Waals surface area contributed by atoms with Gasteiger partial charge in [0.15, 0.2) is 0 Å². The number of fused-ring (bicyclic) bond motifs is 2. The molecule has 0 radical (unpaired) electrons. The van der Waals surface area contributed by atoms with Gasteiger partial charge in [0, 0.05) is 25.3 Å². The molecule has 14 heteroatoms. The van der Waals surface area contributed by atoms with Gasteiger partial charge in [-0.3, -0.25) is 4.79 Å². The number of aliphatic carboxylic acids is 1. The molecule has 0 unspecified atom stereocenters. The summed E-state index contributed by atoms with van der Waals surface area (Å²) in [7, 11) is 1.54. The summed E-state index contributed by atoms with van der Waals surface area (Å²) >= 11 is 0. The van der Waals surface area contributed by atoms with Crippen LogP contribution in [0.15, 0.2) is 30.3 Å². The maximum atomic E-state index is 13.8. The van der Waals surface area contributed by atoms with Crippen molar-refractivity contribution >= 4 is 17.6 Å². The number of nitrogens with zero attached hydrogens (tertiary/aromatic N) is 6. The molecular weight excluding hydrogens is 614 g/mol. The van der Waals surface area contributed by atoms with E-state index in [1.165, 1.54) is 15.9 Å². The Morgan fingerprint density at radius 1 is 0.957 bits per heavy atom. The third kappa shape index (κ3) is 7.75. The number of rotatable bonds is 9. The molecule has 5 rings (SSSR count). The number of halogens is 6. The van der Waals surface area contributed by atoms with E-state index in [0.29, 0.717) is 32.4 Å². The Hall–Kier alpha value is -3.84. The van der Waals surface area contributed by atoms with Crippen LogP contribution in [-0.2, 0) is 43.6 Å². The molecule has 3 aromatic rings. The van der Waals surface area contributed by atoms with E-state index < -0.39 is 40.9 Å². The van der Waals surface area contributed by atoms with Gasteiger partial charge in [-0.05, 0) is 102 Å². The lowest BCUT2D eigenvalue weighted by atomic mass is 9.85. The fraction of sp³-hybridized carbons (Fsp3) is 0.562. The predicted octanol–water partition coefficient (Wildman–Crippen LogP) is 7.37. The van der Waals surface area contributed by atoms with Gasteiger partial charge in [-0.2, -0.15) is 31.1 Å². The normalized spacial score (nSPS) is 17.3.